The van der Waals surface area contributed by atoms with Crippen molar-refractivity contribution in [3.63, 3.8) is 0 Å². The van der Waals surface area contributed by atoms with E-state index >= 15 is 0 Å². The summed E-state index contributed by atoms with van der Waals surface area (Å²) in [5.74, 6) is -0.995. The summed E-state index contributed by atoms with van der Waals surface area (Å²) in [6.07, 6.45) is 0.656. The number of halogens is 2. The van der Waals surface area contributed by atoms with E-state index in [0.29, 0.717) is 16.5 Å². The number of nitrogens with two attached hydrogens (primary N) is 1. The van der Waals surface area contributed by atoms with Crippen LogP contribution >= 0.6 is 15.9 Å². The second-order valence-corrected chi connectivity index (χ2v) is 3.76. The first-order chi connectivity index (χ1) is 6.06. The molecule has 1 rings (SSSR count). The number of rotatable bonds is 2. The molecule has 0 aliphatic rings. The molecule has 0 saturated carbocycles. The number of aromatic hydroxyl groups is 1. The van der Waals surface area contributed by atoms with Crippen molar-refractivity contribution in [2.75, 3.05) is 0 Å². The molecule has 0 bridgehead atoms. The second-order valence-electron chi connectivity index (χ2n) is 2.84. The molecule has 0 radical (unpaired) electrons. The van der Waals surface area contributed by atoms with Crippen LogP contribution in [0.5, 0.6) is 5.75 Å². The molecule has 0 amide bonds. The number of phenols is 1. The Hall–Kier alpha value is -0.610. The van der Waals surface area contributed by atoms with E-state index in [1.165, 1.54) is 6.07 Å². The predicted molar refractivity (Wildman–Crippen MR) is 53.0 cm³/mol. The molecular weight excluding hydrogens is 237 g/mol. The predicted octanol–water partition coefficient (Wildman–Crippen LogP) is 2.70. The van der Waals surface area contributed by atoms with Crippen molar-refractivity contribution in [2.24, 2.45) is 5.73 Å². The molecule has 1 unspecified atom stereocenters. The van der Waals surface area contributed by atoms with E-state index in [2.05, 4.69) is 15.9 Å². The van der Waals surface area contributed by atoms with Crippen molar-refractivity contribution in [3.05, 3.63) is 28.0 Å². The SMILES string of the molecule is CCC(N)c1cc(Br)cc(F)c1O. The average Bonchev–Trinajstić information content (AvgIpc) is 2.10. The van der Waals surface area contributed by atoms with Crippen LogP contribution in [0.2, 0.25) is 0 Å². The Morgan fingerprint density at radius 1 is 1.62 bits per heavy atom. The van der Waals surface area contributed by atoms with Gasteiger partial charge in [-0.1, -0.05) is 22.9 Å². The zero-order chi connectivity index (χ0) is 10.0. The summed E-state index contributed by atoms with van der Waals surface area (Å²) in [6.45, 7) is 1.88. The molecule has 1 atom stereocenters. The van der Waals surface area contributed by atoms with Gasteiger partial charge in [0.15, 0.2) is 11.6 Å². The van der Waals surface area contributed by atoms with Crippen molar-refractivity contribution in [2.45, 2.75) is 19.4 Å². The summed E-state index contributed by atoms with van der Waals surface area (Å²) in [6, 6.07) is 2.51. The topological polar surface area (TPSA) is 46.2 Å². The number of phenolic OH excluding ortho intramolecular Hbond substituents is 1. The molecule has 4 heteroatoms. The molecule has 2 nitrogen and oxygen atoms in total. The van der Waals surface area contributed by atoms with Gasteiger partial charge in [-0.15, -0.1) is 0 Å². The molecule has 0 fully saturated rings. The number of benzene rings is 1. The highest BCUT2D eigenvalue weighted by Gasteiger charge is 2.13. The normalized spacial score (nSPS) is 12.9. The van der Waals surface area contributed by atoms with Crippen LogP contribution in [0.15, 0.2) is 16.6 Å². The fourth-order valence-electron chi connectivity index (χ4n) is 1.09. The molecule has 0 spiro atoms. The van der Waals surface area contributed by atoms with Gasteiger partial charge < -0.3 is 10.8 Å². The second kappa shape index (κ2) is 4.07. The molecule has 3 N–H and O–H groups in total. The summed E-state index contributed by atoms with van der Waals surface area (Å²) >= 11 is 3.14. The van der Waals surface area contributed by atoms with Crippen LogP contribution in [0.4, 0.5) is 4.39 Å². The van der Waals surface area contributed by atoms with E-state index in [1.807, 2.05) is 6.92 Å². The Balaban J connectivity index is 3.20. The molecule has 1 aromatic rings. The van der Waals surface area contributed by atoms with E-state index in [0.717, 1.165) is 0 Å². The summed E-state index contributed by atoms with van der Waals surface area (Å²) in [7, 11) is 0. The Kier molecular flexibility index (Phi) is 3.27. The van der Waals surface area contributed by atoms with Crippen LogP contribution in [-0.4, -0.2) is 5.11 Å². The minimum atomic E-state index is -0.645. The highest BCUT2D eigenvalue weighted by molar-refractivity contribution is 9.10. The first-order valence-corrected chi connectivity index (χ1v) is 4.79. The lowest BCUT2D eigenvalue weighted by atomic mass is 10.0. The monoisotopic (exact) mass is 247 g/mol. The summed E-state index contributed by atoms with van der Waals surface area (Å²) < 4.78 is 13.6. The Morgan fingerprint density at radius 2 is 2.23 bits per heavy atom. The van der Waals surface area contributed by atoms with Gasteiger partial charge in [-0.05, 0) is 18.6 Å². The molecular formula is C9H11BrFNO. The van der Waals surface area contributed by atoms with E-state index in [1.54, 1.807) is 6.07 Å². The summed E-state index contributed by atoms with van der Waals surface area (Å²) in [5.41, 5.74) is 6.12. The maximum atomic E-state index is 13.0. The largest absolute Gasteiger partial charge is 0.505 e. The molecule has 0 aromatic heterocycles. The molecule has 1 aromatic carbocycles. The Labute approximate surface area is 84.7 Å². The Morgan fingerprint density at radius 3 is 2.77 bits per heavy atom. The van der Waals surface area contributed by atoms with Gasteiger partial charge in [0.2, 0.25) is 0 Å². The first kappa shape index (κ1) is 10.5. The van der Waals surface area contributed by atoms with Crippen LogP contribution < -0.4 is 5.73 Å². The van der Waals surface area contributed by atoms with E-state index < -0.39 is 5.82 Å². The third kappa shape index (κ3) is 2.19. The van der Waals surface area contributed by atoms with Gasteiger partial charge in [-0.25, -0.2) is 4.39 Å². The lowest BCUT2D eigenvalue weighted by molar-refractivity contribution is 0.419. The fourth-order valence-corrected chi connectivity index (χ4v) is 1.54. The van der Waals surface area contributed by atoms with E-state index in [9.17, 15) is 9.50 Å². The van der Waals surface area contributed by atoms with Crippen LogP contribution in [0.1, 0.15) is 24.9 Å². The van der Waals surface area contributed by atoms with Crippen molar-refractivity contribution in [3.8, 4) is 5.75 Å². The molecule has 72 valence electrons. The molecule has 0 saturated heterocycles. The zero-order valence-corrected chi connectivity index (χ0v) is 8.81. The highest BCUT2D eigenvalue weighted by Crippen LogP contribution is 2.30. The van der Waals surface area contributed by atoms with Crippen molar-refractivity contribution < 1.29 is 9.50 Å². The maximum absolute atomic E-state index is 13.0. The number of hydrogen-bond acceptors (Lipinski definition) is 2. The van der Waals surface area contributed by atoms with Gasteiger partial charge in [0.25, 0.3) is 0 Å². The van der Waals surface area contributed by atoms with Gasteiger partial charge in [0, 0.05) is 16.1 Å². The van der Waals surface area contributed by atoms with Gasteiger partial charge in [-0.2, -0.15) is 0 Å². The highest BCUT2D eigenvalue weighted by atomic mass is 79.9. The quantitative estimate of drug-likeness (QED) is 0.845. The smallest absolute Gasteiger partial charge is 0.166 e. The Bertz CT molecular complexity index is 317. The standard InChI is InChI=1S/C9H11BrFNO/c1-2-8(12)6-3-5(10)4-7(11)9(6)13/h3-4,8,13H,2,12H2,1H3. The van der Waals surface area contributed by atoms with Crippen LogP contribution in [0.3, 0.4) is 0 Å². The van der Waals surface area contributed by atoms with Crippen molar-refractivity contribution in [1.29, 1.82) is 0 Å². The molecule has 0 aliphatic carbocycles. The molecule has 0 heterocycles. The third-order valence-electron chi connectivity index (χ3n) is 1.90. The van der Waals surface area contributed by atoms with Gasteiger partial charge in [0.05, 0.1) is 0 Å². The lowest BCUT2D eigenvalue weighted by Gasteiger charge is -2.12. The van der Waals surface area contributed by atoms with Crippen LogP contribution in [0.25, 0.3) is 0 Å². The lowest BCUT2D eigenvalue weighted by Crippen LogP contribution is -2.09. The molecule has 0 aliphatic heterocycles. The third-order valence-corrected chi connectivity index (χ3v) is 2.35. The summed E-state index contributed by atoms with van der Waals surface area (Å²) in [5, 5.41) is 9.35. The van der Waals surface area contributed by atoms with Crippen molar-refractivity contribution in [1.82, 2.24) is 0 Å². The van der Waals surface area contributed by atoms with Gasteiger partial charge in [0.1, 0.15) is 0 Å². The van der Waals surface area contributed by atoms with Gasteiger partial charge in [-0.3, -0.25) is 0 Å². The first-order valence-electron chi connectivity index (χ1n) is 3.99. The van der Waals surface area contributed by atoms with E-state index in [-0.39, 0.29) is 11.8 Å². The molecule has 13 heavy (non-hydrogen) atoms. The zero-order valence-electron chi connectivity index (χ0n) is 7.22. The van der Waals surface area contributed by atoms with E-state index in [4.69, 9.17) is 5.73 Å². The van der Waals surface area contributed by atoms with Crippen LogP contribution in [0, 0.1) is 5.82 Å². The number of hydrogen-bond donors (Lipinski definition) is 2. The summed E-state index contributed by atoms with van der Waals surface area (Å²) in [4.78, 5) is 0. The van der Waals surface area contributed by atoms with Crippen molar-refractivity contribution >= 4 is 15.9 Å². The van der Waals surface area contributed by atoms with Gasteiger partial charge >= 0.3 is 0 Å². The van der Waals surface area contributed by atoms with Crippen LogP contribution in [-0.2, 0) is 0 Å². The maximum Gasteiger partial charge on any atom is 0.166 e. The fraction of sp³-hybridized carbons (Fsp3) is 0.333. The minimum absolute atomic E-state index is 0.327. The average molecular weight is 248 g/mol. The minimum Gasteiger partial charge on any atom is -0.505 e.